The first-order chi connectivity index (χ1) is 13.2. The predicted octanol–water partition coefficient (Wildman–Crippen LogP) is 3.98. The van der Waals surface area contributed by atoms with Gasteiger partial charge in [0.25, 0.3) is 5.91 Å². The number of amides is 1. The van der Waals surface area contributed by atoms with Gasteiger partial charge in [0.1, 0.15) is 0 Å². The summed E-state index contributed by atoms with van der Waals surface area (Å²) < 4.78 is 10.7. The summed E-state index contributed by atoms with van der Waals surface area (Å²) in [6, 6.07) is 15.3. The summed E-state index contributed by atoms with van der Waals surface area (Å²) >= 11 is 0. The Labute approximate surface area is 157 Å². The van der Waals surface area contributed by atoms with E-state index < -0.39 is 0 Å². The van der Waals surface area contributed by atoms with Crippen molar-refractivity contribution in [2.75, 3.05) is 17.4 Å². The molecule has 136 valence electrons. The summed E-state index contributed by atoms with van der Waals surface area (Å²) in [4.78, 5) is 16.6. The first-order valence-electron chi connectivity index (χ1n) is 8.63. The van der Waals surface area contributed by atoms with E-state index in [4.69, 9.17) is 9.47 Å². The predicted molar refractivity (Wildman–Crippen MR) is 103 cm³/mol. The summed E-state index contributed by atoms with van der Waals surface area (Å²) in [7, 11) is 0. The minimum atomic E-state index is -0.196. The number of aryl methyl sites for hydroxylation is 1. The normalized spacial score (nSPS) is 11.9. The van der Waals surface area contributed by atoms with Gasteiger partial charge in [0.15, 0.2) is 11.5 Å². The van der Waals surface area contributed by atoms with Crippen LogP contribution in [0.4, 0.5) is 11.4 Å². The fourth-order valence-electron chi connectivity index (χ4n) is 2.76. The Hall–Kier alpha value is -3.54. The third-order valence-electron chi connectivity index (χ3n) is 4.24. The van der Waals surface area contributed by atoms with Gasteiger partial charge in [-0.05, 0) is 42.8 Å². The number of benzene rings is 2. The lowest BCUT2D eigenvalue weighted by molar-refractivity contribution is 0.102. The highest BCUT2D eigenvalue weighted by Crippen LogP contribution is 2.32. The van der Waals surface area contributed by atoms with E-state index >= 15 is 0 Å². The first-order valence-corrected chi connectivity index (χ1v) is 8.63. The van der Waals surface area contributed by atoms with Gasteiger partial charge in [0.2, 0.25) is 6.79 Å². The van der Waals surface area contributed by atoms with Crippen LogP contribution in [0.25, 0.3) is 0 Å². The summed E-state index contributed by atoms with van der Waals surface area (Å²) in [6.45, 7) is 2.85. The molecule has 1 aromatic heterocycles. The molecule has 2 N–H and O–H groups in total. The molecule has 0 saturated carbocycles. The maximum atomic E-state index is 12.4. The Bertz CT molecular complexity index is 971. The van der Waals surface area contributed by atoms with Gasteiger partial charge < -0.3 is 20.1 Å². The third-order valence-corrected chi connectivity index (χ3v) is 4.24. The summed E-state index contributed by atoms with van der Waals surface area (Å²) in [6.07, 6.45) is 3.24. The topological polar surface area (TPSA) is 72.5 Å². The molecule has 4 rings (SSSR count). The zero-order valence-electron chi connectivity index (χ0n) is 14.9. The Morgan fingerprint density at radius 1 is 1.00 bits per heavy atom. The third kappa shape index (κ3) is 4.00. The van der Waals surface area contributed by atoms with E-state index in [0.717, 1.165) is 34.0 Å². The first kappa shape index (κ1) is 16.9. The number of carbonyl (C=O) groups is 1. The number of anilines is 2. The number of pyridine rings is 1. The molecule has 3 aromatic rings. The number of nitrogens with zero attached hydrogens (tertiary/aromatic N) is 1. The minimum Gasteiger partial charge on any atom is -0.454 e. The van der Waals surface area contributed by atoms with E-state index in [1.54, 1.807) is 18.5 Å². The largest absolute Gasteiger partial charge is 0.454 e. The van der Waals surface area contributed by atoms with Gasteiger partial charge in [-0.1, -0.05) is 23.8 Å². The second-order valence-electron chi connectivity index (χ2n) is 6.32. The molecule has 0 fully saturated rings. The van der Waals surface area contributed by atoms with Crippen LogP contribution in [0.5, 0.6) is 11.5 Å². The van der Waals surface area contributed by atoms with Crippen LogP contribution in [-0.4, -0.2) is 17.7 Å². The van der Waals surface area contributed by atoms with Crippen molar-refractivity contribution < 1.29 is 14.3 Å². The summed E-state index contributed by atoms with van der Waals surface area (Å²) in [5, 5.41) is 6.16. The minimum absolute atomic E-state index is 0.196. The molecule has 0 spiro atoms. The number of ether oxygens (including phenoxy) is 2. The van der Waals surface area contributed by atoms with E-state index in [1.165, 1.54) is 0 Å². The van der Waals surface area contributed by atoms with Crippen LogP contribution in [0.1, 0.15) is 21.5 Å². The van der Waals surface area contributed by atoms with E-state index in [9.17, 15) is 4.79 Å². The van der Waals surface area contributed by atoms with E-state index in [2.05, 4.69) is 15.6 Å². The average Bonchev–Trinajstić information content (AvgIpc) is 3.16. The number of hydrogen-bond donors (Lipinski definition) is 2. The fourth-order valence-corrected chi connectivity index (χ4v) is 2.76. The lowest BCUT2D eigenvalue weighted by Crippen LogP contribution is -2.12. The molecule has 27 heavy (non-hydrogen) atoms. The molecular formula is C21H19N3O3. The molecule has 0 saturated heterocycles. The fraction of sp³-hybridized carbons (Fsp3) is 0.143. The van der Waals surface area contributed by atoms with Gasteiger partial charge in [-0.25, -0.2) is 0 Å². The number of fused-ring (bicyclic) bond motifs is 1. The zero-order chi connectivity index (χ0) is 18.6. The molecule has 0 atom stereocenters. The van der Waals surface area contributed by atoms with Crippen LogP contribution >= 0.6 is 0 Å². The van der Waals surface area contributed by atoms with Crippen molar-refractivity contribution in [2.24, 2.45) is 0 Å². The van der Waals surface area contributed by atoms with Crippen LogP contribution in [0.2, 0.25) is 0 Å². The maximum absolute atomic E-state index is 12.4. The highest BCUT2D eigenvalue weighted by molar-refractivity contribution is 6.04. The summed E-state index contributed by atoms with van der Waals surface area (Å²) in [5.41, 5.74) is 4.21. The average molecular weight is 361 g/mol. The molecular weight excluding hydrogens is 342 g/mol. The molecule has 2 aromatic carbocycles. The van der Waals surface area contributed by atoms with Crippen molar-refractivity contribution in [1.82, 2.24) is 4.98 Å². The van der Waals surface area contributed by atoms with Gasteiger partial charge in [0.05, 0.1) is 11.3 Å². The standard InChI is InChI=1S/C21H19N3O3/c1-14-2-5-17(6-3-14)24-21(25)16-9-18(12-22-11-16)23-10-15-4-7-19-20(8-15)27-13-26-19/h2-9,11-12,23H,10,13H2,1H3,(H,24,25). The van der Waals surface area contributed by atoms with Gasteiger partial charge in [-0.15, -0.1) is 0 Å². The molecule has 6 nitrogen and oxygen atoms in total. The maximum Gasteiger partial charge on any atom is 0.257 e. The molecule has 0 aliphatic carbocycles. The van der Waals surface area contributed by atoms with Crippen molar-refractivity contribution in [1.29, 1.82) is 0 Å². The van der Waals surface area contributed by atoms with E-state index in [0.29, 0.717) is 12.1 Å². The second-order valence-corrected chi connectivity index (χ2v) is 6.32. The molecule has 6 heteroatoms. The Balaban J connectivity index is 1.41. The Morgan fingerprint density at radius 2 is 1.81 bits per heavy atom. The van der Waals surface area contributed by atoms with Crippen molar-refractivity contribution in [2.45, 2.75) is 13.5 Å². The van der Waals surface area contributed by atoms with Crippen LogP contribution in [0.15, 0.2) is 60.9 Å². The summed E-state index contributed by atoms with van der Waals surface area (Å²) in [5.74, 6) is 1.31. The highest BCUT2D eigenvalue weighted by Gasteiger charge is 2.13. The SMILES string of the molecule is Cc1ccc(NC(=O)c2cncc(NCc3ccc4c(c3)OCO4)c2)cc1. The number of rotatable bonds is 5. The quantitative estimate of drug-likeness (QED) is 0.719. The van der Waals surface area contributed by atoms with Crippen LogP contribution in [0.3, 0.4) is 0 Å². The van der Waals surface area contributed by atoms with Gasteiger partial charge in [0, 0.05) is 24.6 Å². The van der Waals surface area contributed by atoms with Gasteiger partial charge in [-0.2, -0.15) is 0 Å². The second kappa shape index (κ2) is 7.37. The van der Waals surface area contributed by atoms with Crippen LogP contribution in [-0.2, 0) is 6.54 Å². The number of carbonyl (C=O) groups excluding carboxylic acids is 1. The number of nitrogens with one attached hydrogen (secondary N) is 2. The van der Waals surface area contributed by atoms with Gasteiger partial charge >= 0.3 is 0 Å². The van der Waals surface area contributed by atoms with Crippen molar-refractivity contribution in [3.63, 3.8) is 0 Å². The number of hydrogen-bond acceptors (Lipinski definition) is 5. The lowest BCUT2D eigenvalue weighted by Gasteiger charge is -2.09. The van der Waals surface area contributed by atoms with Crippen LogP contribution < -0.4 is 20.1 Å². The molecule has 0 radical (unpaired) electrons. The zero-order valence-corrected chi connectivity index (χ0v) is 14.9. The molecule has 2 heterocycles. The molecule has 0 bridgehead atoms. The Kier molecular flexibility index (Phi) is 4.61. The van der Waals surface area contributed by atoms with E-state index in [-0.39, 0.29) is 12.7 Å². The van der Waals surface area contributed by atoms with Gasteiger partial charge in [-0.3, -0.25) is 9.78 Å². The highest BCUT2D eigenvalue weighted by atomic mass is 16.7. The van der Waals surface area contributed by atoms with Crippen molar-refractivity contribution in [3.8, 4) is 11.5 Å². The molecule has 0 unspecified atom stereocenters. The lowest BCUT2D eigenvalue weighted by atomic mass is 10.2. The van der Waals surface area contributed by atoms with Crippen LogP contribution in [0, 0.1) is 6.92 Å². The monoisotopic (exact) mass is 361 g/mol. The smallest absolute Gasteiger partial charge is 0.257 e. The molecule has 1 aliphatic rings. The van der Waals surface area contributed by atoms with Crippen molar-refractivity contribution >= 4 is 17.3 Å². The van der Waals surface area contributed by atoms with Crippen molar-refractivity contribution in [3.05, 3.63) is 77.6 Å². The molecule has 1 aliphatic heterocycles. The Morgan fingerprint density at radius 3 is 2.67 bits per heavy atom. The number of aromatic nitrogens is 1. The van der Waals surface area contributed by atoms with E-state index in [1.807, 2.05) is 49.4 Å². The molecule has 1 amide bonds.